The zero-order valence-corrected chi connectivity index (χ0v) is 11.4. The molecule has 0 saturated carbocycles. The van der Waals surface area contributed by atoms with Crippen LogP contribution in [0.5, 0.6) is 11.5 Å². The first-order valence-electron chi connectivity index (χ1n) is 6.23. The SMILES string of the molecule is COc1ccc(OCCN(CC#N)CCC(=O)O)cc1. The molecule has 20 heavy (non-hydrogen) atoms. The van der Waals surface area contributed by atoms with Crippen LogP contribution in [0.4, 0.5) is 0 Å². The molecule has 0 aliphatic rings. The number of nitrogens with zero attached hydrogens (tertiary/aromatic N) is 2. The van der Waals surface area contributed by atoms with Gasteiger partial charge in [0.1, 0.15) is 18.1 Å². The average molecular weight is 278 g/mol. The van der Waals surface area contributed by atoms with Crippen molar-refractivity contribution in [1.29, 1.82) is 5.26 Å². The van der Waals surface area contributed by atoms with Gasteiger partial charge in [0.15, 0.2) is 0 Å². The van der Waals surface area contributed by atoms with Crippen molar-refractivity contribution in [3.63, 3.8) is 0 Å². The number of methoxy groups -OCH3 is 1. The average Bonchev–Trinajstić information content (AvgIpc) is 2.45. The lowest BCUT2D eigenvalue weighted by Crippen LogP contribution is -2.31. The number of benzene rings is 1. The van der Waals surface area contributed by atoms with Gasteiger partial charge in [-0.2, -0.15) is 5.26 Å². The van der Waals surface area contributed by atoms with Gasteiger partial charge in [-0.25, -0.2) is 0 Å². The van der Waals surface area contributed by atoms with Crippen LogP contribution in [0, 0.1) is 11.3 Å². The molecule has 0 bridgehead atoms. The predicted molar refractivity (Wildman–Crippen MR) is 72.8 cm³/mol. The van der Waals surface area contributed by atoms with Crippen LogP contribution in [0.2, 0.25) is 0 Å². The van der Waals surface area contributed by atoms with Crippen molar-refractivity contribution < 1.29 is 19.4 Å². The number of aliphatic carboxylic acids is 1. The fourth-order valence-electron chi connectivity index (χ4n) is 1.59. The Bertz CT molecular complexity index is 453. The summed E-state index contributed by atoms with van der Waals surface area (Å²) in [5.41, 5.74) is 0. The lowest BCUT2D eigenvalue weighted by molar-refractivity contribution is -0.137. The fraction of sp³-hybridized carbons (Fsp3) is 0.429. The van der Waals surface area contributed by atoms with Gasteiger partial charge in [0, 0.05) is 13.1 Å². The Labute approximate surface area is 118 Å². The van der Waals surface area contributed by atoms with E-state index in [1.807, 2.05) is 6.07 Å². The van der Waals surface area contributed by atoms with E-state index < -0.39 is 5.97 Å². The quantitative estimate of drug-likeness (QED) is 0.687. The second-order valence-electron chi connectivity index (χ2n) is 4.10. The van der Waals surface area contributed by atoms with Gasteiger partial charge in [-0.15, -0.1) is 0 Å². The lowest BCUT2D eigenvalue weighted by Gasteiger charge is -2.18. The van der Waals surface area contributed by atoms with E-state index in [0.29, 0.717) is 25.4 Å². The molecule has 0 saturated heterocycles. The summed E-state index contributed by atoms with van der Waals surface area (Å²) in [7, 11) is 1.60. The van der Waals surface area contributed by atoms with Gasteiger partial charge in [-0.1, -0.05) is 0 Å². The summed E-state index contributed by atoms with van der Waals surface area (Å²) in [5, 5.41) is 17.3. The van der Waals surface area contributed by atoms with Crippen molar-refractivity contribution in [3.8, 4) is 17.6 Å². The third-order valence-corrected chi connectivity index (χ3v) is 2.67. The van der Waals surface area contributed by atoms with Crippen LogP contribution in [0.25, 0.3) is 0 Å². The monoisotopic (exact) mass is 278 g/mol. The highest BCUT2D eigenvalue weighted by Gasteiger charge is 2.07. The Morgan fingerprint density at radius 1 is 1.30 bits per heavy atom. The van der Waals surface area contributed by atoms with Crippen LogP contribution in [-0.4, -0.2) is 49.3 Å². The standard InChI is InChI=1S/C14H18N2O4/c1-19-12-2-4-13(5-3-12)20-11-10-16(9-7-15)8-6-14(17)18/h2-5H,6,8-11H2,1H3,(H,17,18). The molecule has 1 aromatic carbocycles. The van der Waals surface area contributed by atoms with Gasteiger partial charge in [-0.05, 0) is 24.3 Å². The number of hydrogen-bond acceptors (Lipinski definition) is 5. The zero-order valence-electron chi connectivity index (χ0n) is 11.4. The third kappa shape index (κ3) is 6.07. The van der Waals surface area contributed by atoms with Crippen LogP contribution in [0.15, 0.2) is 24.3 Å². The largest absolute Gasteiger partial charge is 0.497 e. The fourth-order valence-corrected chi connectivity index (χ4v) is 1.59. The molecule has 6 nitrogen and oxygen atoms in total. The molecule has 1 N–H and O–H groups in total. The molecule has 0 amide bonds. The summed E-state index contributed by atoms with van der Waals surface area (Å²) in [6.07, 6.45) is 0.0181. The van der Waals surface area contributed by atoms with Gasteiger partial charge in [0.05, 0.1) is 26.1 Å². The highest BCUT2D eigenvalue weighted by Crippen LogP contribution is 2.16. The Kier molecular flexibility index (Phi) is 6.93. The first-order chi connectivity index (χ1) is 9.65. The van der Waals surface area contributed by atoms with Crippen molar-refractivity contribution >= 4 is 5.97 Å². The first-order valence-corrected chi connectivity index (χ1v) is 6.23. The summed E-state index contributed by atoms with van der Waals surface area (Å²) in [6.45, 7) is 1.44. The Balaban J connectivity index is 2.35. The molecule has 0 heterocycles. The number of carboxylic acids is 1. The van der Waals surface area contributed by atoms with Crippen molar-refractivity contribution in [2.45, 2.75) is 6.42 Å². The Morgan fingerprint density at radius 3 is 2.50 bits per heavy atom. The topological polar surface area (TPSA) is 82.8 Å². The van der Waals surface area contributed by atoms with Gasteiger partial charge in [0.2, 0.25) is 0 Å². The normalized spacial score (nSPS) is 10.1. The van der Waals surface area contributed by atoms with E-state index in [2.05, 4.69) is 0 Å². The van der Waals surface area contributed by atoms with Gasteiger partial charge < -0.3 is 14.6 Å². The highest BCUT2D eigenvalue weighted by atomic mass is 16.5. The first kappa shape index (κ1) is 15.8. The molecule has 0 aromatic heterocycles. The molecule has 1 aromatic rings. The van der Waals surface area contributed by atoms with E-state index in [-0.39, 0.29) is 13.0 Å². The van der Waals surface area contributed by atoms with Crippen LogP contribution in [0.3, 0.4) is 0 Å². The lowest BCUT2D eigenvalue weighted by atomic mass is 10.3. The van der Waals surface area contributed by atoms with Crippen molar-refractivity contribution in [2.75, 3.05) is 33.4 Å². The summed E-state index contributed by atoms with van der Waals surface area (Å²) in [6, 6.07) is 9.21. The minimum Gasteiger partial charge on any atom is -0.497 e. The number of nitriles is 1. The predicted octanol–water partition coefficient (Wildman–Crippen LogP) is 1.37. The van der Waals surface area contributed by atoms with Crippen molar-refractivity contribution in [3.05, 3.63) is 24.3 Å². The number of carbonyl (C=O) groups is 1. The Hall–Kier alpha value is -2.26. The van der Waals surface area contributed by atoms with Crippen molar-refractivity contribution in [1.82, 2.24) is 4.90 Å². The maximum Gasteiger partial charge on any atom is 0.304 e. The van der Waals surface area contributed by atoms with Gasteiger partial charge >= 0.3 is 5.97 Å². The molecule has 1 rings (SSSR count). The van der Waals surface area contributed by atoms with E-state index in [0.717, 1.165) is 5.75 Å². The smallest absolute Gasteiger partial charge is 0.304 e. The summed E-state index contributed by atoms with van der Waals surface area (Å²) in [5.74, 6) is 0.592. The van der Waals surface area contributed by atoms with E-state index in [1.54, 1.807) is 36.3 Å². The van der Waals surface area contributed by atoms with E-state index in [4.69, 9.17) is 19.8 Å². The molecule has 0 radical (unpaired) electrons. The number of carboxylic acid groups (broad SMARTS) is 1. The van der Waals surface area contributed by atoms with Crippen LogP contribution in [-0.2, 0) is 4.79 Å². The summed E-state index contributed by atoms with van der Waals surface area (Å²) < 4.78 is 10.6. The second kappa shape index (κ2) is 8.77. The van der Waals surface area contributed by atoms with Crippen LogP contribution >= 0.6 is 0 Å². The van der Waals surface area contributed by atoms with Crippen molar-refractivity contribution in [2.24, 2.45) is 0 Å². The van der Waals surface area contributed by atoms with E-state index in [9.17, 15) is 4.79 Å². The molecular formula is C14H18N2O4. The number of rotatable bonds is 9. The maximum atomic E-state index is 10.5. The van der Waals surface area contributed by atoms with E-state index in [1.165, 1.54) is 0 Å². The summed E-state index contributed by atoms with van der Waals surface area (Å²) >= 11 is 0. The third-order valence-electron chi connectivity index (χ3n) is 2.67. The molecule has 0 atom stereocenters. The summed E-state index contributed by atoms with van der Waals surface area (Å²) in [4.78, 5) is 12.3. The van der Waals surface area contributed by atoms with Crippen LogP contribution < -0.4 is 9.47 Å². The van der Waals surface area contributed by atoms with Gasteiger partial charge in [0.25, 0.3) is 0 Å². The molecule has 0 aliphatic carbocycles. The molecule has 0 fully saturated rings. The van der Waals surface area contributed by atoms with E-state index >= 15 is 0 Å². The zero-order chi connectivity index (χ0) is 14.8. The molecular weight excluding hydrogens is 260 g/mol. The highest BCUT2D eigenvalue weighted by molar-refractivity contribution is 5.66. The molecule has 6 heteroatoms. The Morgan fingerprint density at radius 2 is 1.95 bits per heavy atom. The molecule has 0 spiro atoms. The van der Waals surface area contributed by atoms with Crippen LogP contribution in [0.1, 0.15) is 6.42 Å². The maximum absolute atomic E-state index is 10.5. The molecule has 0 aliphatic heterocycles. The minimum absolute atomic E-state index is 0.0181. The number of hydrogen-bond donors (Lipinski definition) is 1. The second-order valence-corrected chi connectivity index (χ2v) is 4.10. The van der Waals surface area contributed by atoms with Gasteiger partial charge in [-0.3, -0.25) is 9.69 Å². The minimum atomic E-state index is -0.871. The number of ether oxygens (including phenoxy) is 2. The molecule has 108 valence electrons. The molecule has 0 unspecified atom stereocenters.